The van der Waals surface area contributed by atoms with Crippen molar-refractivity contribution in [1.82, 2.24) is 4.98 Å². The van der Waals surface area contributed by atoms with Gasteiger partial charge in [0.15, 0.2) is 0 Å². The van der Waals surface area contributed by atoms with E-state index in [4.69, 9.17) is 4.74 Å². The highest BCUT2D eigenvalue weighted by Crippen LogP contribution is 2.32. The normalized spacial score (nSPS) is 11.1. The minimum atomic E-state index is -0.345. The number of ether oxygens (including phenoxy) is 1. The van der Waals surface area contributed by atoms with Crippen LogP contribution < -0.4 is 4.74 Å². The summed E-state index contributed by atoms with van der Waals surface area (Å²) in [5.41, 5.74) is 5.13. The molecule has 24 heavy (non-hydrogen) atoms. The van der Waals surface area contributed by atoms with Crippen LogP contribution in [0.3, 0.4) is 0 Å². The Morgan fingerprint density at radius 3 is 2.46 bits per heavy atom. The molecule has 3 heteroatoms. The highest BCUT2D eigenvalue weighted by atomic mass is 16.5. The maximum absolute atomic E-state index is 12.2. The number of carbonyl (C=O) groups is 1. The Kier molecular flexibility index (Phi) is 3.35. The summed E-state index contributed by atoms with van der Waals surface area (Å²) in [6.07, 6.45) is 0. The van der Waals surface area contributed by atoms with Crippen molar-refractivity contribution in [2.24, 2.45) is 0 Å². The zero-order chi connectivity index (χ0) is 16.7. The minimum Gasteiger partial charge on any atom is -0.423 e. The summed E-state index contributed by atoms with van der Waals surface area (Å²) >= 11 is 0. The summed E-state index contributed by atoms with van der Waals surface area (Å²) in [4.78, 5) is 15.7. The third kappa shape index (κ3) is 2.35. The van der Waals surface area contributed by atoms with Crippen molar-refractivity contribution in [2.45, 2.75) is 13.8 Å². The minimum absolute atomic E-state index is 0.345. The first-order valence-electron chi connectivity index (χ1n) is 7.92. The highest BCUT2D eigenvalue weighted by Gasteiger charge is 2.12. The van der Waals surface area contributed by atoms with Gasteiger partial charge in [-0.05, 0) is 55.3 Å². The van der Waals surface area contributed by atoms with Crippen molar-refractivity contribution in [3.05, 3.63) is 77.4 Å². The van der Waals surface area contributed by atoms with Gasteiger partial charge in [0.1, 0.15) is 5.75 Å². The van der Waals surface area contributed by atoms with Gasteiger partial charge in [-0.15, -0.1) is 0 Å². The fraction of sp³-hybridized carbons (Fsp3) is 0.0952. The molecule has 0 saturated heterocycles. The molecule has 4 rings (SSSR count). The smallest absolute Gasteiger partial charge is 0.343 e. The van der Waals surface area contributed by atoms with Crippen LogP contribution >= 0.6 is 0 Å². The highest BCUT2D eigenvalue weighted by molar-refractivity contribution is 6.10. The van der Waals surface area contributed by atoms with Gasteiger partial charge in [-0.25, -0.2) is 4.79 Å². The van der Waals surface area contributed by atoms with Gasteiger partial charge in [0.2, 0.25) is 0 Å². The van der Waals surface area contributed by atoms with Gasteiger partial charge < -0.3 is 9.72 Å². The van der Waals surface area contributed by atoms with E-state index in [0.29, 0.717) is 11.3 Å². The van der Waals surface area contributed by atoms with Crippen LogP contribution in [0, 0.1) is 13.8 Å². The monoisotopic (exact) mass is 315 g/mol. The van der Waals surface area contributed by atoms with Gasteiger partial charge in [0.05, 0.1) is 5.56 Å². The van der Waals surface area contributed by atoms with Gasteiger partial charge in [0.25, 0.3) is 0 Å². The zero-order valence-corrected chi connectivity index (χ0v) is 13.6. The molecule has 1 aromatic heterocycles. The molecule has 0 aliphatic heterocycles. The average Bonchev–Trinajstić information content (AvgIpc) is 2.99. The van der Waals surface area contributed by atoms with Crippen LogP contribution in [0.15, 0.2) is 60.7 Å². The third-order valence-electron chi connectivity index (χ3n) is 4.36. The Labute approximate surface area is 139 Å². The zero-order valence-electron chi connectivity index (χ0n) is 13.6. The van der Waals surface area contributed by atoms with Crippen LogP contribution in [0.1, 0.15) is 21.5 Å². The average molecular weight is 315 g/mol. The summed E-state index contributed by atoms with van der Waals surface area (Å²) < 4.78 is 5.54. The fourth-order valence-electron chi connectivity index (χ4n) is 3.10. The fourth-order valence-corrected chi connectivity index (χ4v) is 3.10. The first-order chi connectivity index (χ1) is 11.6. The number of fused-ring (bicyclic) bond motifs is 3. The standard InChI is InChI=1S/C21H17NO2/c1-13-8-9-14(2)20-19(13)17-12-16(10-11-18(17)22-20)24-21(23)15-6-4-3-5-7-15/h3-12,22H,1-2H3. The lowest BCUT2D eigenvalue weighted by molar-refractivity contribution is 0.0735. The molecule has 0 spiro atoms. The molecule has 0 aliphatic carbocycles. The first kappa shape index (κ1) is 14.5. The lowest BCUT2D eigenvalue weighted by Crippen LogP contribution is -2.07. The molecule has 0 radical (unpaired) electrons. The summed E-state index contributed by atoms with van der Waals surface area (Å²) in [5, 5.41) is 2.26. The molecule has 0 atom stereocenters. The van der Waals surface area contributed by atoms with Gasteiger partial charge >= 0.3 is 5.97 Å². The predicted molar refractivity (Wildman–Crippen MR) is 96.7 cm³/mol. The number of H-pyrrole nitrogens is 1. The number of hydrogen-bond acceptors (Lipinski definition) is 2. The number of nitrogens with one attached hydrogen (secondary N) is 1. The molecule has 0 bridgehead atoms. The molecule has 3 nitrogen and oxygen atoms in total. The van der Waals surface area contributed by atoms with E-state index in [1.807, 2.05) is 36.4 Å². The Bertz CT molecular complexity index is 1060. The second kappa shape index (κ2) is 5.53. The molecule has 0 saturated carbocycles. The van der Waals surface area contributed by atoms with E-state index in [0.717, 1.165) is 16.4 Å². The van der Waals surface area contributed by atoms with Crippen molar-refractivity contribution in [3.8, 4) is 5.75 Å². The van der Waals surface area contributed by atoms with E-state index in [1.54, 1.807) is 12.1 Å². The molecule has 0 unspecified atom stereocenters. The Morgan fingerprint density at radius 1 is 0.917 bits per heavy atom. The van der Waals surface area contributed by atoms with Crippen molar-refractivity contribution in [1.29, 1.82) is 0 Å². The van der Waals surface area contributed by atoms with E-state index in [2.05, 4.69) is 31.0 Å². The molecule has 0 aliphatic rings. The van der Waals surface area contributed by atoms with Crippen molar-refractivity contribution >= 4 is 27.8 Å². The SMILES string of the molecule is Cc1ccc(C)c2c1[nH]c1ccc(OC(=O)c3ccccc3)cc12. The lowest BCUT2D eigenvalue weighted by Gasteiger charge is -2.05. The maximum atomic E-state index is 12.2. The number of aromatic nitrogens is 1. The number of benzene rings is 3. The third-order valence-corrected chi connectivity index (χ3v) is 4.36. The quantitative estimate of drug-likeness (QED) is 0.410. The van der Waals surface area contributed by atoms with E-state index in [9.17, 15) is 4.79 Å². The molecule has 118 valence electrons. The summed E-state index contributed by atoms with van der Waals surface area (Å²) in [5.74, 6) is 0.209. The molecule has 4 aromatic rings. The van der Waals surface area contributed by atoms with E-state index in [1.165, 1.54) is 16.5 Å². The second-order valence-corrected chi connectivity index (χ2v) is 6.04. The number of aryl methyl sites for hydroxylation is 2. The Hall–Kier alpha value is -3.07. The molecule has 1 heterocycles. The van der Waals surface area contributed by atoms with E-state index in [-0.39, 0.29) is 5.97 Å². The second-order valence-electron chi connectivity index (χ2n) is 6.04. The summed E-state index contributed by atoms with van der Waals surface area (Å²) in [6, 6.07) is 19.0. The van der Waals surface area contributed by atoms with Crippen molar-refractivity contribution < 1.29 is 9.53 Å². The maximum Gasteiger partial charge on any atom is 0.343 e. The van der Waals surface area contributed by atoms with Gasteiger partial charge in [-0.2, -0.15) is 0 Å². The van der Waals surface area contributed by atoms with Crippen LogP contribution in [-0.4, -0.2) is 11.0 Å². The summed E-state index contributed by atoms with van der Waals surface area (Å²) in [6.45, 7) is 4.19. The topological polar surface area (TPSA) is 42.1 Å². The predicted octanol–water partition coefficient (Wildman–Crippen LogP) is 5.16. The first-order valence-corrected chi connectivity index (χ1v) is 7.92. The lowest BCUT2D eigenvalue weighted by atomic mass is 10.0. The molecular weight excluding hydrogens is 298 g/mol. The van der Waals surface area contributed by atoms with Crippen LogP contribution in [0.25, 0.3) is 21.8 Å². The van der Waals surface area contributed by atoms with Crippen LogP contribution in [-0.2, 0) is 0 Å². The van der Waals surface area contributed by atoms with Crippen LogP contribution in [0.4, 0.5) is 0 Å². The van der Waals surface area contributed by atoms with Crippen molar-refractivity contribution in [2.75, 3.05) is 0 Å². The van der Waals surface area contributed by atoms with Crippen LogP contribution in [0.5, 0.6) is 5.75 Å². The van der Waals surface area contributed by atoms with Crippen LogP contribution in [0.2, 0.25) is 0 Å². The molecular formula is C21H17NO2. The molecule has 1 N–H and O–H groups in total. The number of rotatable bonds is 2. The Balaban J connectivity index is 1.79. The molecule has 0 amide bonds. The van der Waals surface area contributed by atoms with Gasteiger partial charge in [0, 0.05) is 21.8 Å². The number of carbonyl (C=O) groups excluding carboxylic acids is 1. The summed E-state index contributed by atoms with van der Waals surface area (Å²) in [7, 11) is 0. The van der Waals surface area contributed by atoms with Gasteiger partial charge in [-0.3, -0.25) is 0 Å². The largest absolute Gasteiger partial charge is 0.423 e. The Morgan fingerprint density at radius 2 is 1.67 bits per heavy atom. The molecule has 0 fully saturated rings. The number of hydrogen-bond donors (Lipinski definition) is 1. The van der Waals surface area contributed by atoms with Crippen molar-refractivity contribution in [3.63, 3.8) is 0 Å². The van der Waals surface area contributed by atoms with E-state index >= 15 is 0 Å². The number of esters is 1. The van der Waals surface area contributed by atoms with Gasteiger partial charge in [-0.1, -0.05) is 30.3 Å². The number of aromatic amines is 1. The molecule has 3 aromatic carbocycles. The van der Waals surface area contributed by atoms with E-state index < -0.39 is 0 Å².